The molecule has 0 saturated heterocycles. The summed E-state index contributed by atoms with van der Waals surface area (Å²) in [4.78, 5) is 29.5. The third-order valence-electron chi connectivity index (χ3n) is 7.99. The predicted molar refractivity (Wildman–Crippen MR) is 162 cm³/mol. The zero-order valence-electron chi connectivity index (χ0n) is 23.8. The number of carbonyl (C=O) groups excluding carboxylic acids is 2. The van der Waals surface area contributed by atoms with Crippen LogP contribution in [-0.2, 0) is 24.6 Å². The lowest BCUT2D eigenvalue weighted by Gasteiger charge is -2.21. The summed E-state index contributed by atoms with van der Waals surface area (Å²) >= 11 is 0. The first kappa shape index (κ1) is 28.0. The zero-order chi connectivity index (χ0) is 30.5. The molecule has 0 bridgehead atoms. The highest BCUT2D eigenvalue weighted by Crippen LogP contribution is 2.41. The molecule has 1 aliphatic rings. The van der Waals surface area contributed by atoms with E-state index in [-0.39, 0.29) is 5.91 Å². The highest BCUT2D eigenvalue weighted by molar-refractivity contribution is 6.14. The molecule has 43 heavy (non-hydrogen) atoms. The quantitative estimate of drug-likeness (QED) is 0.190. The summed E-state index contributed by atoms with van der Waals surface area (Å²) in [7, 11) is 1.82. The van der Waals surface area contributed by atoms with Gasteiger partial charge in [-0.3, -0.25) is 14.5 Å². The maximum Gasteiger partial charge on any atom is 0.416 e. The highest BCUT2D eigenvalue weighted by Gasteiger charge is 2.35. The number of alkyl halides is 3. The summed E-state index contributed by atoms with van der Waals surface area (Å²) in [6.45, 7) is 4.21. The number of rotatable bonds is 6. The maximum atomic E-state index is 13.8. The standard InChI is InChI=1S/C35H28F3N3O2/c1-22-7-9-24(10-8-22)25-13-17-29(18-14-25)41(21-42)33-23(2)31(20-39(33)3)40-19-27-5-4-6-30(32(27)34(40)43)26-11-15-28(16-12-26)35(36,37)38/h4-18,20-21H,19H2,1-3H3. The van der Waals surface area contributed by atoms with Gasteiger partial charge in [-0.25, -0.2) is 0 Å². The Morgan fingerprint density at radius 3 is 2.02 bits per heavy atom. The molecule has 6 rings (SSSR count). The van der Waals surface area contributed by atoms with Crippen molar-refractivity contribution >= 4 is 29.5 Å². The Morgan fingerprint density at radius 2 is 1.42 bits per heavy atom. The molecule has 0 radical (unpaired) electrons. The van der Waals surface area contributed by atoms with Crippen LogP contribution in [-0.4, -0.2) is 16.9 Å². The van der Waals surface area contributed by atoms with Gasteiger partial charge in [0.05, 0.1) is 29.0 Å². The van der Waals surface area contributed by atoms with Crippen molar-refractivity contribution in [3.63, 3.8) is 0 Å². The number of hydrogen-bond donors (Lipinski definition) is 0. The molecule has 0 atom stereocenters. The van der Waals surface area contributed by atoms with Crippen LogP contribution in [0.4, 0.5) is 30.4 Å². The van der Waals surface area contributed by atoms with Crippen LogP contribution < -0.4 is 9.80 Å². The SMILES string of the molecule is Cc1ccc(-c2ccc(N(C=O)c3c(C)c(N4Cc5cccc(-c6ccc(C(F)(F)F)cc6)c5C4=O)cn3C)cc2)cc1. The molecule has 1 aliphatic heterocycles. The number of amides is 2. The van der Waals surface area contributed by atoms with E-state index in [1.54, 1.807) is 21.9 Å². The summed E-state index contributed by atoms with van der Waals surface area (Å²) in [6, 6.07) is 26.2. The monoisotopic (exact) mass is 579 g/mol. The van der Waals surface area contributed by atoms with E-state index < -0.39 is 11.7 Å². The maximum absolute atomic E-state index is 13.8. The Bertz CT molecular complexity index is 1840. The molecule has 0 spiro atoms. The first-order valence-electron chi connectivity index (χ1n) is 13.8. The molecule has 5 nitrogen and oxygen atoms in total. The van der Waals surface area contributed by atoms with Crippen LogP contribution in [0, 0.1) is 13.8 Å². The Kier molecular flexibility index (Phi) is 6.92. The van der Waals surface area contributed by atoms with E-state index >= 15 is 0 Å². The predicted octanol–water partition coefficient (Wildman–Crippen LogP) is 8.45. The summed E-state index contributed by atoms with van der Waals surface area (Å²) in [5.74, 6) is 0.380. The van der Waals surface area contributed by atoms with Gasteiger partial charge in [-0.15, -0.1) is 0 Å². The molecule has 0 aliphatic carbocycles. The second kappa shape index (κ2) is 10.6. The van der Waals surface area contributed by atoms with E-state index in [2.05, 4.69) is 24.3 Å². The van der Waals surface area contributed by atoms with Gasteiger partial charge in [0.2, 0.25) is 6.41 Å². The average Bonchev–Trinajstić information content (AvgIpc) is 3.49. The lowest BCUT2D eigenvalue weighted by Crippen LogP contribution is -2.24. The molecule has 0 unspecified atom stereocenters. The fraction of sp³-hybridized carbons (Fsp3) is 0.143. The van der Waals surface area contributed by atoms with Crippen molar-refractivity contribution in [2.75, 3.05) is 9.80 Å². The Labute approximate surface area is 247 Å². The molecule has 0 N–H and O–H groups in total. The van der Waals surface area contributed by atoms with Gasteiger partial charge in [0.15, 0.2) is 0 Å². The minimum atomic E-state index is -4.44. The second-order valence-corrected chi connectivity index (χ2v) is 10.8. The zero-order valence-corrected chi connectivity index (χ0v) is 23.8. The van der Waals surface area contributed by atoms with Crippen molar-refractivity contribution in [3.05, 3.63) is 125 Å². The van der Waals surface area contributed by atoms with E-state index in [1.807, 2.05) is 62.0 Å². The van der Waals surface area contributed by atoms with Crippen molar-refractivity contribution in [2.45, 2.75) is 26.6 Å². The fourth-order valence-corrected chi connectivity index (χ4v) is 5.77. The van der Waals surface area contributed by atoms with Gasteiger partial charge in [0.1, 0.15) is 5.82 Å². The summed E-state index contributed by atoms with van der Waals surface area (Å²) in [5.41, 5.74) is 6.99. The third kappa shape index (κ3) is 4.99. The van der Waals surface area contributed by atoms with E-state index in [0.717, 1.165) is 40.8 Å². The van der Waals surface area contributed by atoms with Gasteiger partial charge in [-0.05, 0) is 65.9 Å². The van der Waals surface area contributed by atoms with Gasteiger partial charge in [0, 0.05) is 18.8 Å². The fourth-order valence-electron chi connectivity index (χ4n) is 5.77. The van der Waals surface area contributed by atoms with Gasteiger partial charge >= 0.3 is 6.18 Å². The molecule has 2 amide bonds. The van der Waals surface area contributed by atoms with Crippen LogP contribution in [0.25, 0.3) is 22.3 Å². The number of nitrogens with zero attached hydrogens (tertiary/aromatic N) is 3. The van der Waals surface area contributed by atoms with Crippen molar-refractivity contribution in [3.8, 4) is 22.3 Å². The number of fused-ring (bicyclic) bond motifs is 1. The molecule has 4 aromatic carbocycles. The number of halogens is 3. The summed E-state index contributed by atoms with van der Waals surface area (Å²) in [5, 5.41) is 0. The minimum Gasteiger partial charge on any atom is -0.335 e. The van der Waals surface area contributed by atoms with Gasteiger partial charge < -0.3 is 9.47 Å². The molecular formula is C35H28F3N3O2. The van der Waals surface area contributed by atoms with E-state index in [9.17, 15) is 22.8 Å². The second-order valence-electron chi connectivity index (χ2n) is 10.8. The van der Waals surface area contributed by atoms with Gasteiger partial charge in [0.25, 0.3) is 5.91 Å². The lowest BCUT2D eigenvalue weighted by molar-refractivity contribution is -0.137. The van der Waals surface area contributed by atoms with Crippen LogP contribution >= 0.6 is 0 Å². The van der Waals surface area contributed by atoms with Crippen molar-refractivity contribution in [2.24, 2.45) is 7.05 Å². The van der Waals surface area contributed by atoms with Crippen LogP contribution in [0.2, 0.25) is 0 Å². The number of aromatic nitrogens is 1. The van der Waals surface area contributed by atoms with Gasteiger partial charge in [-0.2, -0.15) is 13.2 Å². The molecule has 1 aromatic heterocycles. The van der Waals surface area contributed by atoms with Crippen molar-refractivity contribution in [1.82, 2.24) is 4.57 Å². The van der Waals surface area contributed by atoms with E-state index in [1.165, 1.54) is 17.7 Å². The number of aryl methyl sites for hydroxylation is 2. The minimum absolute atomic E-state index is 0.245. The molecular weight excluding hydrogens is 551 g/mol. The summed E-state index contributed by atoms with van der Waals surface area (Å²) < 4.78 is 41.2. The van der Waals surface area contributed by atoms with Crippen LogP contribution in [0.5, 0.6) is 0 Å². The van der Waals surface area contributed by atoms with Crippen molar-refractivity contribution in [1.29, 1.82) is 0 Å². The number of carbonyl (C=O) groups is 2. The Hall–Kier alpha value is -5.11. The van der Waals surface area contributed by atoms with E-state index in [4.69, 9.17) is 0 Å². The van der Waals surface area contributed by atoms with Gasteiger partial charge in [-0.1, -0.05) is 72.3 Å². The first-order valence-corrected chi connectivity index (χ1v) is 13.8. The molecule has 0 fully saturated rings. The van der Waals surface area contributed by atoms with E-state index in [0.29, 0.717) is 40.4 Å². The van der Waals surface area contributed by atoms with Crippen LogP contribution in [0.1, 0.15) is 32.6 Å². The average molecular weight is 580 g/mol. The van der Waals surface area contributed by atoms with Crippen molar-refractivity contribution < 1.29 is 22.8 Å². The molecule has 2 heterocycles. The lowest BCUT2D eigenvalue weighted by atomic mass is 9.96. The molecule has 5 aromatic rings. The molecule has 8 heteroatoms. The largest absolute Gasteiger partial charge is 0.416 e. The third-order valence-corrected chi connectivity index (χ3v) is 7.99. The Balaban J connectivity index is 1.31. The van der Waals surface area contributed by atoms with Crippen LogP contribution in [0.3, 0.4) is 0 Å². The molecule has 216 valence electrons. The highest BCUT2D eigenvalue weighted by atomic mass is 19.4. The Morgan fingerprint density at radius 1 is 0.814 bits per heavy atom. The molecule has 0 saturated carbocycles. The normalized spacial score (nSPS) is 12.9. The smallest absolute Gasteiger partial charge is 0.335 e. The first-order chi connectivity index (χ1) is 20.6. The number of benzene rings is 4. The topological polar surface area (TPSA) is 45.6 Å². The van der Waals surface area contributed by atoms with Crippen LogP contribution in [0.15, 0.2) is 97.2 Å². The number of hydrogen-bond acceptors (Lipinski definition) is 2. The number of anilines is 3. The summed E-state index contributed by atoms with van der Waals surface area (Å²) in [6.07, 6.45) is -1.86.